The van der Waals surface area contributed by atoms with E-state index in [0.29, 0.717) is 6.61 Å². The van der Waals surface area contributed by atoms with Gasteiger partial charge in [-0.05, 0) is 11.6 Å². The summed E-state index contributed by atoms with van der Waals surface area (Å²) in [7, 11) is 0. The van der Waals surface area contributed by atoms with Crippen molar-refractivity contribution in [3.8, 4) is 0 Å². The Morgan fingerprint density at radius 3 is 3.29 bits per heavy atom. The fraction of sp³-hybridized carbons (Fsp3) is 0.500. The van der Waals surface area contributed by atoms with Crippen LogP contribution in [0.15, 0.2) is 12.3 Å². The van der Waals surface area contributed by atoms with Crippen molar-refractivity contribution in [2.75, 3.05) is 13.2 Å². The molecular weight excluding hydrogens is 180 g/mol. The second-order valence-electron chi connectivity index (χ2n) is 3.43. The average Bonchev–Trinajstić information content (AvgIpc) is 2.27. The fourth-order valence-corrected chi connectivity index (χ4v) is 1.58. The minimum atomic E-state index is -0.616. The van der Waals surface area contributed by atoms with E-state index in [1.807, 2.05) is 6.07 Å². The number of aliphatic hydroxyl groups is 1. The predicted molar refractivity (Wildman–Crippen MR) is 51.6 cm³/mol. The first-order valence-corrected chi connectivity index (χ1v) is 4.75. The molecule has 1 aromatic rings. The zero-order valence-electron chi connectivity index (χ0n) is 7.94. The average molecular weight is 194 g/mol. The summed E-state index contributed by atoms with van der Waals surface area (Å²) in [5.41, 5.74) is 8.29. The van der Waals surface area contributed by atoms with Gasteiger partial charge in [0.1, 0.15) is 0 Å². The summed E-state index contributed by atoms with van der Waals surface area (Å²) in [6.07, 6.45) is 1.94. The second kappa shape index (κ2) is 4.04. The lowest BCUT2D eigenvalue weighted by molar-refractivity contribution is 0.108. The fourth-order valence-electron chi connectivity index (χ4n) is 1.58. The quantitative estimate of drug-likeness (QED) is 0.703. The zero-order chi connectivity index (χ0) is 9.97. The number of nitrogens with zero attached hydrogens (tertiary/aromatic N) is 1. The molecule has 1 aromatic heterocycles. The van der Waals surface area contributed by atoms with Gasteiger partial charge >= 0.3 is 0 Å². The Hall–Kier alpha value is -0.970. The number of hydrogen-bond donors (Lipinski definition) is 2. The Kier molecular flexibility index (Phi) is 2.77. The van der Waals surface area contributed by atoms with Crippen molar-refractivity contribution in [2.45, 2.75) is 19.1 Å². The van der Waals surface area contributed by atoms with Crippen LogP contribution in [0.25, 0.3) is 0 Å². The van der Waals surface area contributed by atoms with Crippen LogP contribution in [0.3, 0.4) is 0 Å². The van der Waals surface area contributed by atoms with Gasteiger partial charge in [-0.25, -0.2) is 0 Å². The van der Waals surface area contributed by atoms with Crippen molar-refractivity contribution in [3.63, 3.8) is 0 Å². The Balaban J connectivity index is 2.29. The SMILES string of the molecule is NCC(O)c1cnc2c(c1)COCC2. The smallest absolute Gasteiger partial charge is 0.0927 e. The molecule has 2 rings (SSSR count). The van der Waals surface area contributed by atoms with Gasteiger partial charge in [-0.3, -0.25) is 4.98 Å². The van der Waals surface area contributed by atoms with Gasteiger partial charge in [-0.1, -0.05) is 0 Å². The van der Waals surface area contributed by atoms with E-state index in [1.54, 1.807) is 6.20 Å². The van der Waals surface area contributed by atoms with Gasteiger partial charge in [-0.15, -0.1) is 0 Å². The molecule has 1 aliphatic heterocycles. The van der Waals surface area contributed by atoms with E-state index in [-0.39, 0.29) is 6.54 Å². The molecule has 4 nitrogen and oxygen atoms in total. The van der Waals surface area contributed by atoms with Crippen LogP contribution in [-0.2, 0) is 17.8 Å². The number of rotatable bonds is 2. The number of aromatic nitrogens is 1. The highest BCUT2D eigenvalue weighted by molar-refractivity contribution is 5.27. The van der Waals surface area contributed by atoms with Crippen LogP contribution in [0.4, 0.5) is 0 Å². The molecule has 0 fully saturated rings. The van der Waals surface area contributed by atoms with Crippen LogP contribution in [0.2, 0.25) is 0 Å². The lowest BCUT2D eigenvalue weighted by Gasteiger charge is -2.17. The molecule has 4 heteroatoms. The largest absolute Gasteiger partial charge is 0.387 e. The summed E-state index contributed by atoms with van der Waals surface area (Å²) in [5.74, 6) is 0. The van der Waals surface area contributed by atoms with Gasteiger partial charge in [0.15, 0.2) is 0 Å². The van der Waals surface area contributed by atoms with E-state index < -0.39 is 6.10 Å². The van der Waals surface area contributed by atoms with Crippen molar-refractivity contribution in [2.24, 2.45) is 5.73 Å². The maximum atomic E-state index is 9.53. The zero-order valence-corrected chi connectivity index (χ0v) is 7.94. The monoisotopic (exact) mass is 194 g/mol. The predicted octanol–water partition coefficient (Wildman–Crippen LogP) is 0.146. The number of pyridine rings is 1. The maximum absolute atomic E-state index is 9.53. The summed E-state index contributed by atoms with van der Waals surface area (Å²) in [6.45, 7) is 1.55. The molecular formula is C10H14N2O2. The lowest BCUT2D eigenvalue weighted by Crippen LogP contribution is -2.16. The molecule has 0 spiro atoms. The van der Waals surface area contributed by atoms with Crippen LogP contribution >= 0.6 is 0 Å². The van der Waals surface area contributed by atoms with E-state index >= 15 is 0 Å². The molecule has 0 saturated heterocycles. The third-order valence-corrected chi connectivity index (χ3v) is 2.43. The Labute approximate surface area is 82.7 Å². The first kappa shape index (κ1) is 9.58. The lowest BCUT2D eigenvalue weighted by atomic mass is 10.0. The first-order valence-electron chi connectivity index (χ1n) is 4.75. The van der Waals surface area contributed by atoms with Gasteiger partial charge in [0, 0.05) is 30.4 Å². The molecule has 0 aliphatic carbocycles. The highest BCUT2D eigenvalue weighted by Crippen LogP contribution is 2.19. The molecule has 2 heterocycles. The van der Waals surface area contributed by atoms with Gasteiger partial charge in [0.05, 0.1) is 19.3 Å². The van der Waals surface area contributed by atoms with Crippen molar-refractivity contribution < 1.29 is 9.84 Å². The first-order chi connectivity index (χ1) is 6.81. The van der Waals surface area contributed by atoms with E-state index in [9.17, 15) is 5.11 Å². The highest BCUT2D eigenvalue weighted by Gasteiger charge is 2.13. The Morgan fingerprint density at radius 2 is 2.50 bits per heavy atom. The minimum absolute atomic E-state index is 0.224. The van der Waals surface area contributed by atoms with Gasteiger partial charge in [-0.2, -0.15) is 0 Å². The van der Waals surface area contributed by atoms with Gasteiger partial charge in [0.25, 0.3) is 0 Å². The number of hydrogen-bond acceptors (Lipinski definition) is 4. The van der Waals surface area contributed by atoms with E-state index in [1.165, 1.54) is 0 Å². The molecule has 0 bridgehead atoms. The van der Waals surface area contributed by atoms with Gasteiger partial charge < -0.3 is 15.6 Å². The molecule has 14 heavy (non-hydrogen) atoms. The molecule has 1 aliphatic rings. The molecule has 3 N–H and O–H groups in total. The van der Waals surface area contributed by atoms with E-state index in [0.717, 1.165) is 29.8 Å². The summed E-state index contributed by atoms with van der Waals surface area (Å²) >= 11 is 0. The van der Waals surface area contributed by atoms with Crippen LogP contribution in [0, 0.1) is 0 Å². The van der Waals surface area contributed by atoms with Crippen LogP contribution in [-0.4, -0.2) is 23.2 Å². The summed E-state index contributed by atoms with van der Waals surface area (Å²) in [5, 5.41) is 9.53. The topological polar surface area (TPSA) is 68.4 Å². The number of nitrogens with two attached hydrogens (primary N) is 1. The molecule has 1 atom stereocenters. The summed E-state index contributed by atoms with van der Waals surface area (Å²) in [4.78, 5) is 4.29. The summed E-state index contributed by atoms with van der Waals surface area (Å²) in [6, 6.07) is 1.93. The molecule has 76 valence electrons. The number of ether oxygens (including phenoxy) is 1. The minimum Gasteiger partial charge on any atom is -0.387 e. The normalized spacial score (nSPS) is 17.6. The van der Waals surface area contributed by atoms with Crippen LogP contribution in [0.5, 0.6) is 0 Å². The maximum Gasteiger partial charge on any atom is 0.0927 e. The van der Waals surface area contributed by atoms with Crippen molar-refractivity contribution in [1.82, 2.24) is 4.98 Å². The van der Waals surface area contributed by atoms with Crippen molar-refractivity contribution in [1.29, 1.82) is 0 Å². The third-order valence-electron chi connectivity index (χ3n) is 2.43. The number of fused-ring (bicyclic) bond motifs is 1. The summed E-state index contributed by atoms with van der Waals surface area (Å²) < 4.78 is 5.31. The molecule has 1 unspecified atom stereocenters. The standard InChI is InChI=1S/C10H14N2O2/c11-4-10(13)7-3-8-6-14-2-1-9(8)12-5-7/h3,5,10,13H,1-2,4,6,11H2. The van der Waals surface area contributed by atoms with Crippen molar-refractivity contribution >= 4 is 0 Å². The Morgan fingerprint density at radius 1 is 1.64 bits per heavy atom. The second-order valence-corrected chi connectivity index (χ2v) is 3.43. The third kappa shape index (κ3) is 1.77. The van der Waals surface area contributed by atoms with Gasteiger partial charge in [0.2, 0.25) is 0 Å². The van der Waals surface area contributed by atoms with Crippen molar-refractivity contribution in [3.05, 3.63) is 29.1 Å². The van der Waals surface area contributed by atoms with Crippen LogP contribution in [0.1, 0.15) is 22.9 Å². The van der Waals surface area contributed by atoms with E-state index in [4.69, 9.17) is 10.5 Å². The molecule has 0 amide bonds. The molecule has 0 saturated carbocycles. The molecule has 0 radical (unpaired) electrons. The molecule has 0 aromatic carbocycles. The number of aliphatic hydroxyl groups excluding tert-OH is 1. The van der Waals surface area contributed by atoms with E-state index in [2.05, 4.69) is 4.98 Å². The highest BCUT2D eigenvalue weighted by atomic mass is 16.5. The Bertz CT molecular complexity index is 328. The van der Waals surface area contributed by atoms with Crippen LogP contribution < -0.4 is 5.73 Å².